The van der Waals surface area contributed by atoms with Crippen LogP contribution < -0.4 is 5.73 Å². The van der Waals surface area contributed by atoms with Crippen molar-refractivity contribution in [2.45, 2.75) is 0 Å². The van der Waals surface area contributed by atoms with E-state index in [0.717, 1.165) is 6.08 Å². The fourth-order valence-corrected chi connectivity index (χ4v) is 0.921. The van der Waals surface area contributed by atoms with Crippen LogP contribution in [0.4, 0.5) is 5.69 Å². The Labute approximate surface area is 79.7 Å². The second-order valence-electron chi connectivity index (χ2n) is 2.31. The molecule has 0 aliphatic carbocycles. The Hall–Kier alpha value is -1.55. The van der Waals surface area contributed by atoms with E-state index >= 15 is 0 Å². The molecule has 0 saturated carbocycles. The number of nitrogens with zero attached hydrogens (tertiary/aromatic N) is 1. The molecule has 3 N–H and O–H groups in total. The number of carboxylic acid groups (broad SMARTS) is 1. The van der Waals surface area contributed by atoms with Gasteiger partial charge in [-0.1, -0.05) is 11.6 Å². The van der Waals surface area contributed by atoms with Gasteiger partial charge in [-0.05, 0) is 12.1 Å². The van der Waals surface area contributed by atoms with Gasteiger partial charge in [0.1, 0.15) is 5.15 Å². The molecule has 0 aromatic carbocycles. The molecule has 4 nitrogen and oxygen atoms in total. The topological polar surface area (TPSA) is 76.2 Å². The maximum Gasteiger partial charge on any atom is 0.328 e. The highest BCUT2D eigenvalue weighted by Gasteiger charge is 1.97. The van der Waals surface area contributed by atoms with Crippen LogP contribution in [-0.4, -0.2) is 16.1 Å². The van der Waals surface area contributed by atoms with E-state index in [0.29, 0.717) is 11.3 Å². The molecule has 1 aromatic rings. The normalized spacial score (nSPS) is 10.5. The van der Waals surface area contributed by atoms with E-state index in [9.17, 15) is 4.79 Å². The molecule has 0 bridgehead atoms. The highest BCUT2D eigenvalue weighted by molar-refractivity contribution is 6.29. The van der Waals surface area contributed by atoms with Crippen LogP contribution in [0, 0.1) is 0 Å². The molecule has 1 heterocycles. The first-order valence-corrected chi connectivity index (χ1v) is 3.79. The molecule has 0 aliphatic heterocycles. The number of pyridine rings is 1. The molecule has 5 heteroatoms. The zero-order valence-electron chi connectivity index (χ0n) is 6.57. The highest BCUT2D eigenvalue weighted by Crippen LogP contribution is 2.15. The van der Waals surface area contributed by atoms with E-state index in [1.807, 2.05) is 0 Å². The van der Waals surface area contributed by atoms with Gasteiger partial charge in [0.2, 0.25) is 0 Å². The largest absolute Gasteiger partial charge is 0.478 e. The van der Waals surface area contributed by atoms with E-state index in [1.54, 1.807) is 0 Å². The summed E-state index contributed by atoms with van der Waals surface area (Å²) in [5.74, 6) is -1.03. The second-order valence-corrected chi connectivity index (χ2v) is 2.69. The maximum atomic E-state index is 10.2. The number of rotatable bonds is 2. The molecular weight excluding hydrogens is 192 g/mol. The first kappa shape index (κ1) is 9.54. The minimum absolute atomic E-state index is 0.282. The lowest BCUT2D eigenvalue weighted by molar-refractivity contribution is -0.131. The van der Waals surface area contributed by atoms with Crippen molar-refractivity contribution >= 4 is 29.3 Å². The van der Waals surface area contributed by atoms with E-state index in [4.69, 9.17) is 22.4 Å². The number of hydrogen-bond donors (Lipinski definition) is 2. The van der Waals surface area contributed by atoms with Gasteiger partial charge in [0.15, 0.2) is 0 Å². The molecule has 0 unspecified atom stereocenters. The molecule has 13 heavy (non-hydrogen) atoms. The summed E-state index contributed by atoms with van der Waals surface area (Å²) in [6.45, 7) is 0. The van der Waals surface area contributed by atoms with Crippen molar-refractivity contribution < 1.29 is 9.90 Å². The Balaban J connectivity index is 2.96. The number of aromatic nitrogens is 1. The summed E-state index contributed by atoms with van der Waals surface area (Å²) in [4.78, 5) is 13.9. The Kier molecular flexibility index (Phi) is 2.87. The number of halogens is 1. The average Bonchev–Trinajstić information content (AvgIpc) is 2.02. The van der Waals surface area contributed by atoms with Crippen LogP contribution in [0.25, 0.3) is 6.08 Å². The summed E-state index contributed by atoms with van der Waals surface area (Å²) < 4.78 is 0. The van der Waals surface area contributed by atoms with Crippen molar-refractivity contribution in [1.82, 2.24) is 4.98 Å². The highest BCUT2D eigenvalue weighted by atomic mass is 35.5. The summed E-state index contributed by atoms with van der Waals surface area (Å²) in [6.07, 6.45) is 3.76. The van der Waals surface area contributed by atoms with Crippen molar-refractivity contribution in [3.8, 4) is 0 Å². The smallest absolute Gasteiger partial charge is 0.328 e. The molecule has 0 atom stereocenters. The van der Waals surface area contributed by atoms with Crippen molar-refractivity contribution in [3.63, 3.8) is 0 Å². The van der Waals surface area contributed by atoms with E-state index in [-0.39, 0.29) is 5.15 Å². The third-order valence-corrected chi connectivity index (χ3v) is 1.55. The number of aliphatic carboxylic acids is 1. The van der Waals surface area contributed by atoms with Gasteiger partial charge in [-0.3, -0.25) is 0 Å². The number of carbonyl (C=O) groups is 1. The van der Waals surface area contributed by atoms with Gasteiger partial charge >= 0.3 is 5.97 Å². The van der Waals surface area contributed by atoms with Gasteiger partial charge < -0.3 is 10.8 Å². The molecule has 68 valence electrons. The van der Waals surface area contributed by atoms with Crippen LogP contribution in [0.1, 0.15) is 5.56 Å². The van der Waals surface area contributed by atoms with E-state index in [1.165, 1.54) is 18.3 Å². The van der Waals surface area contributed by atoms with Gasteiger partial charge in [-0.2, -0.15) is 0 Å². The minimum Gasteiger partial charge on any atom is -0.478 e. The van der Waals surface area contributed by atoms with Gasteiger partial charge in [-0.15, -0.1) is 0 Å². The number of anilines is 1. The fourth-order valence-electron chi connectivity index (χ4n) is 0.755. The van der Waals surface area contributed by atoms with E-state index in [2.05, 4.69) is 4.98 Å². The lowest BCUT2D eigenvalue weighted by Gasteiger charge is -1.98. The Bertz CT molecular complexity index is 363. The third-order valence-electron chi connectivity index (χ3n) is 1.34. The predicted molar refractivity (Wildman–Crippen MR) is 50.3 cm³/mol. The molecule has 0 radical (unpaired) electrons. The molecule has 0 spiro atoms. The van der Waals surface area contributed by atoms with Gasteiger partial charge in [0.25, 0.3) is 0 Å². The zero-order valence-corrected chi connectivity index (χ0v) is 7.32. The molecule has 1 aromatic heterocycles. The number of hydrogen-bond acceptors (Lipinski definition) is 3. The van der Waals surface area contributed by atoms with Crippen molar-refractivity contribution in [2.75, 3.05) is 5.73 Å². The van der Waals surface area contributed by atoms with Crippen LogP contribution in [0.5, 0.6) is 0 Å². The molecular formula is C8H7ClN2O2. The average molecular weight is 199 g/mol. The monoisotopic (exact) mass is 198 g/mol. The molecule has 0 aliphatic rings. The molecule has 0 amide bonds. The van der Waals surface area contributed by atoms with Gasteiger partial charge in [0, 0.05) is 23.5 Å². The first-order valence-electron chi connectivity index (χ1n) is 3.41. The van der Waals surface area contributed by atoms with Crippen LogP contribution in [-0.2, 0) is 4.79 Å². The second kappa shape index (κ2) is 3.91. The van der Waals surface area contributed by atoms with Crippen molar-refractivity contribution in [3.05, 3.63) is 29.1 Å². The number of nitrogen functional groups attached to an aromatic ring is 1. The number of nitrogens with two attached hydrogens (primary N) is 1. The third kappa shape index (κ3) is 2.76. The van der Waals surface area contributed by atoms with Crippen molar-refractivity contribution in [2.24, 2.45) is 0 Å². The Morgan fingerprint density at radius 2 is 2.38 bits per heavy atom. The van der Waals surface area contributed by atoms with E-state index < -0.39 is 5.97 Å². The quantitative estimate of drug-likeness (QED) is 0.557. The van der Waals surface area contributed by atoms with Gasteiger partial charge in [0.05, 0.1) is 0 Å². The van der Waals surface area contributed by atoms with Crippen LogP contribution in [0.15, 0.2) is 18.3 Å². The fraction of sp³-hybridized carbons (Fsp3) is 0. The van der Waals surface area contributed by atoms with Crippen LogP contribution >= 0.6 is 11.6 Å². The SMILES string of the molecule is Nc1cc(Cl)ncc1C=CC(=O)O. The number of carboxylic acids is 1. The Morgan fingerprint density at radius 1 is 1.69 bits per heavy atom. The summed E-state index contributed by atoms with van der Waals surface area (Å²) in [5, 5.41) is 8.63. The van der Waals surface area contributed by atoms with Crippen LogP contribution in [0.3, 0.4) is 0 Å². The summed E-state index contributed by atoms with van der Waals surface area (Å²) in [6, 6.07) is 1.46. The standard InChI is InChI=1S/C8H7ClN2O2/c9-7-3-6(10)5(4-11-7)1-2-8(12)13/h1-4H,(H2,10,11)(H,12,13). The minimum atomic E-state index is -1.03. The maximum absolute atomic E-state index is 10.2. The molecule has 1 rings (SSSR count). The lowest BCUT2D eigenvalue weighted by atomic mass is 10.2. The van der Waals surface area contributed by atoms with Gasteiger partial charge in [-0.25, -0.2) is 9.78 Å². The Morgan fingerprint density at radius 3 is 2.92 bits per heavy atom. The molecule has 0 fully saturated rings. The summed E-state index contributed by atoms with van der Waals surface area (Å²) in [5.41, 5.74) is 6.47. The zero-order chi connectivity index (χ0) is 9.84. The summed E-state index contributed by atoms with van der Waals surface area (Å²) >= 11 is 5.55. The predicted octanol–water partition coefficient (Wildman–Crippen LogP) is 1.42. The lowest BCUT2D eigenvalue weighted by Crippen LogP contribution is -1.92. The van der Waals surface area contributed by atoms with Crippen LogP contribution in [0.2, 0.25) is 5.15 Å². The van der Waals surface area contributed by atoms with Crippen molar-refractivity contribution in [1.29, 1.82) is 0 Å². The molecule has 0 saturated heterocycles. The summed E-state index contributed by atoms with van der Waals surface area (Å²) in [7, 11) is 0. The first-order chi connectivity index (χ1) is 6.09.